The summed E-state index contributed by atoms with van der Waals surface area (Å²) in [6.07, 6.45) is 9.37. The standard InChI is InChI=1S/C16H20O/c1-13-9-11-14(12-10-13)5-4-7-15-6-2-3-8-16(15)17/h4-5,9-12,15H,2-3,6-8H2,1H3/b5-4+. The molecule has 0 N–H and O–H groups in total. The number of hydrogen-bond acceptors (Lipinski definition) is 1. The predicted octanol–water partition coefficient (Wildman–Crippen LogP) is 4.16. The van der Waals surface area contributed by atoms with Gasteiger partial charge in [-0.3, -0.25) is 4.79 Å². The van der Waals surface area contributed by atoms with E-state index < -0.39 is 0 Å². The zero-order valence-electron chi connectivity index (χ0n) is 10.5. The van der Waals surface area contributed by atoms with E-state index in [2.05, 4.69) is 43.3 Å². The molecule has 0 aromatic heterocycles. The minimum absolute atomic E-state index is 0.283. The highest BCUT2D eigenvalue weighted by Crippen LogP contribution is 2.23. The number of carbonyl (C=O) groups is 1. The summed E-state index contributed by atoms with van der Waals surface area (Å²) in [5.41, 5.74) is 2.50. The maximum absolute atomic E-state index is 11.6. The third-order valence-electron chi connectivity index (χ3n) is 3.49. The molecular weight excluding hydrogens is 208 g/mol. The molecule has 1 saturated carbocycles. The summed E-state index contributed by atoms with van der Waals surface area (Å²) in [5.74, 6) is 0.746. The van der Waals surface area contributed by atoms with Gasteiger partial charge in [0, 0.05) is 12.3 Å². The van der Waals surface area contributed by atoms with E-state index in [4.69, 9.17) is 0 Å². The first-order chi connectivity index (χ1) is 8.25. The van der Waals surface area contributed by atoms with E-state index in [1.165, 1.54) is 17.5 Å². The van der Waals surface area contributed by atoms with Gasteiger partial charge in [-0.2, -0.15) is 0 Å². The average Bonchev–Trinajstić information content (AvgIpc) is 2.34. The summed E-state index contributed by atoms with van der Waals surface area (Å²) < 4.78 is 0. The Morgan fingerprint density at radius 2 is 2.00 bits per heavy atom. The highest BCUT2D eigenvalue weighted by molar-refractivity contribution is 5.81. The number of allylic oxidation sites excluding steroid dienone is 1. The number of rotatable bonds is 3. The van der Waals surface area contributed by atoms with Crippen molar-refractivity contribution >= 4 is 11.9 Å². The van der Waals surface area contributed by atoms with Crippen molar-refractivity contribution in [3.63, 3.8) is 0 Å². The Labute approximate surface area is 104 Å². The van der Waals surface area contributed by atoms with Crippen LogP contribution < -0.4 is 0 Å². The summed E-state index contributed by atoms with van der Waals surface area (Å²) in [7, 11) is 0. The smallest absolute Gasteiger partial charge is 0.136 e. The van der Waals surface area contributed by atoms with Gasteiger partial charge in [-0.1, -0.05) is 48.4 Å². The third kappa shape index (κ3) is 3.55. The molecule has 0 heterocycles. The van der Waals surface area contributed by atoms with Gasteiger partial charge >= 0.3 is 0 Å². The molecule has 17 heavy (non-hydrogen) atoms. The second-order valence-corrected chi connectivity index (χ2v) is 4.96. The van der Waals surface area contributed by atoms with E-state index in [-0.39, 0.29) is 5.92 Å². The highest BCUT2D eigenvalue weighted by Gasteiger charge is 2.20. The summed E-state index contributed by atoms with van der Waals surface area (Å²) in [6, 6.07) is 8.47. The van der Waals surface area contributed by atoms with Gasteiger partial charge in [0.1, 0.15) is 5.78 Å². The molecule has 0 aliphatic heterocycles. The van der Waals surface area contributed by atoms with E-state index in [1.54, 1.807) is 0 Å². The predicted molar refractivity (Wildman–Crippen MR) is 71.8 cm³/mol. The van der Waals surface area contributed by atoms with Gasteiger partial charge in [-0.25, -0.2) is 0 Å². The quantitative estimate of drug-likeness (QED) is 0.759. The molecule has 1 aromatic rings. The monoisotopic (exact) mass is 228 g/mol. The molecule has 1 aliphatic carbocycles. The maximum atomic E-state index is 11.6. The van der Waals surface area contributed by atoms with E-state index in [0.717, 1.165) is 25.7 Å². The lowest BCUT2D eigenvalue weighted by atomic mass is 9.85. The van der Waals surface area contributed by atoms with Crippen LogP contribution in [0.5, 0.6) is 0 Å². The second kappa shape index (κ2) is 5.81. The topological polar surface area (TPSA) is 17.1 Å². The fourth-order valence-electron chi connectivity index (χ4n) is 2.35. The molecule has 0 radical (unpaired) electrons. The van der Waals surface area contributed by atoms with Crippen LogP contribution in [0.3, 0.4) is 0 Å². The van der Waals surface area contributed by atoms with Crippen molar-refractivity contribution in [3.05, 3.63) is 41.5 Å². The Morgan fingerprint density at radius 3 is 2.71 bits per heavy atom. The van der Waals surface area contributed by atoms with Gasteiger partial charge in [0.2, 0.25) is 0 Å². The number of ketones is 1. The zero-order valence-corrected chi connectivity index (χ0v) is 10.5. The zero-order chi connectivity index (χ0) is 12.1. The van der Waals surface area contributed by atoms with Crippen molar-refractivity contribution in [1.82, 2.24) is 0 Å². The number of benzene rings is 1. The van der Waals surface area contributed by atoms with Gasteiger partial charge in [0.15, 0.2) is 0 Å². The third-order valence-corrected chi connectivity index (χ3v) is 3.49. The Kier molecular flexibility index (Phi) is 4.13. The minimum atomic E-state index is 0.283. The van der Waals surface area contributed by atoms with E-state index in [9.17, 15) is 4.79 Å². The van der Waals surface area contributed by atoms with Crippen LogP contribution in [-0.4, -0.2) is 5.78 Å². The van der Waals surface area contributed by atoms with E-state index in [0.29, 0.717) is 5.78 Å². The van der Waals surface area contributed by atoms with Crippen LogP contribution in [0.2, 0.25) is 0 Å². The maximum Gasteiger partial charge on any atom is 0.136 e. The Bertz CT molecular complexity index is 400. The fraction of sp³-hybridized carbons (Fsp3) is 0.438. The van der Waals surface area contributed by atoms with Crippen LogP contribution in [0, 0.1) is 12.8 Å². The molecule has 2 rings (SSSR count). The van der Waals surface area contributed by atoms with Gasteiger partial charge < -0.3 is 0 Å². The largest absolute Gasteiger partial charge is 0.299 e. The number of carbonyl (C=O) groups excluding carboxylic acids is 1. The van der Waals surface area contributed by atoms with Crippen LogP contribution in [0.25, 0.3) is 6.08 Å². The van der Waals surface area contributed by atoms with Gasteiger partial charge in [0.25, 0.3) is 0 Å². The van der Waals surface area contributed by atoms with Crippen molar-refractivity contribution in [2.24, 2.45) is 5.92 Å². The Morgan fingerprint density at radius 1 is 1.24 bits per heavy atom. The molecule has 0 amide bonds. The Hall–Kier alpha value is -1.37. The molecule has 0 bridgehead atoms. The molecule has 90 valence electrons. The molecule has 0 spiro atoms. The van der Waals surface area contributed by atoms with Crippen LogP contribution in [0.4, 0.5) is 0 Å². The number of hydrogen-bond donors (Lipinski definition) is 0. The average molecular weight is 228 g/mol. The first kappa shape index (κ1) is 12.1. The second-order valence-electron chi connectivity index (χ2n) is 4.96. The van der Waals surface area contributed by atoms with Crippen molar-refractivity contribution in [3.8, 4) is 0 Å². The van der Waals surface area contributed by atoms with Gasteiger partial charge in [-0.15, -0.1) is 0 Å². The molecular formula is C16H20O. The lowest BCUT2D eigenvalue weighted by Gasteiger charge is -2.18. The van der Waals surface area contributed by atoms with Gasteiger partial charge in [0.05, 0.1) is 0 Å². The highest BCUT2D eigenvalue weighted by atomic mass is 16.1. The molecule has 1 atom stereocenters. The summed E-state index contributed by atoms with van der Waals surface area (Å²) >= 11 is 0. The molecule has 1 heteroatoms. The number of Topliss-reactive ketones (excluding diaryl/α,β-unsaturated/α-hetero) is 1. The minimum Gasteiger partial charge on any atom is -0.299 e. The molecule has 1 aliphatic rings. The first-order valence-corrected chi connectivity index (χ1v) is 6.51. The summed E-state index contributed by atoms with van der Waals surface area (Å²) in [4.78, 5) is 11.6. The molecule has 1 fully saturated rings. The molecule has 1 aromatic carbocycles. The SMILES string of the molecule is Cc1ccc(/C=C/CC2CCCCC2=O)cc1. The van der Waals surface area contributed by atoms with Crippen molar-refractivity contribution < 1.29 is 4.79 Å². The number of aryl methyl sites for hydroxylation is 1. The first-order valence-electron chi connectivity index (χ1n) is 6.51. The lowest BCUT2D eigenvalue weighted by molar-refractivity contribution is -0.124. The lowest BCUT2D eigenvalue weighted by Crippen LogP contribution is -2.17. The van der Waals surface area contributed by atoms with Crippen LogP contribution in [0.1, 0.15) is 43.2 Å². The van der Waals surface area contributed by atoms with Crippen molar-refractivity contribution in [1.29, 1.82) is 0 Å². The fourth-order valence-corrected chi connectivity index (χ4v) is 2.35. The summed E-state index contributed by atoms with van der Waals surface area (Å²) in [6.45, 7) is 2.09. The van der Waals surface area contributed by atoms with Crippen LogP contribution >= 0.6 is 0 Å². The van der Waals surface area contributed by atoms with Crippen LogP contribution in [-0.2, 0) is 4.79 Å². The normalized spacial score (nSPS) is 21.0. The van der Waals surface area contributed by atoms with Gasteiger partial charge in [-0.05, 0) is 31.7 Å². The van der Waals surface area contributed by atoms with E-state index >= 15 is 0 Å². The van der Waals surface area contributed by atoms with E-state index in [1.807, 2.05) is 0 Å². The molecule has 1 nitrogen and oxygen atoms in total. The molecule has 1 unspecified atom stereocenters. The summed E-state index contributed by atoms with van der Waals surface area (Å²) in [5, 5.41) is 0. The molecule has 0 saturated heterocycles. The van der Waals surface area contributed by atoms with Crippen molar-refractivity contribution in [2.75, 3.05) is 0 Å². The van der Waals surface area contributed by atoms with Crippen molar-refractivity contribution in [2.45, 2.75) is 39.0 Å². The van der Waals surface area contributed by atoms with Crippen LogP contribution in [0.15, 0.2) is 30.3 Å². The Balaban J connectivity index is 1.88.